The Labute approximate surface area is 162 Å². The second-order valence-electron chi connectivity index (χ2n) is 5.94. The van der Waals surface area contributed by atoms with Crippen molar-refractivity contribution in [3.8, 4) is 0 Å². The van der Waals surface area contributed by atoms with E-state index in [2.05, 4.69) is 4.99 Å². The van der Waals surface area contributed by atoms with Crippen molar-refractivity contribution in [1.29, 1.82) is 0 Å². The van der Waals surface area contributed by atoms with Crippen LogP contribution in [0.15, 0.2) is 58.3 Å². The van der Waals surface area contributed by atoms with Crippen LogP contribution >= 0.6 is 22.9 Å². The number of hydrogen-bond donors (Lipinski definition) is 0. The minimum atomic E-state index is -0.440. The highest BCUT2D eigenvalue weighted by molar-refractivity contribution is 7.07. The van der Waals surface area contributed by atoms with Crippen LogP contribution in [0, 0.1) is 10.1 Å². The van der Waals surface area contributed by atoms with Gasteiger partial charge in [0.05, 0.1) is 9.46 Å². The van der Waals surface area contributed by atoms with Crippen LogP contribution in [0.2, 0.25) is 5.02 Å². The van der Waals surface area contributed by atoms with Crippen LogP contribution in [0.4, 0.5) is 11.4 Å². The Kier molecular flexibility index (Phi) is 4.51. The van der Waals surface area contributed by atoms with Crippen molar-refractivity contribution in [3.63, 3.8) is 0 Å². The topological polar surface area (TPSA) is 80.7 Å². The van der Waals surface area contributed by atoms with E-state index < -0.39 is 4.92 Å². The zero-order chi connectivity index (χ0) is 19.0. The molecule has 0 N–H and O–H groups in total. The van der Waals surface area contributed by atoms with Gasteiger partial charge in [0.25, 0.3) is 11.2 Å². The van der Waals surface area contributed by atoms with E-state index in [1.807, 2.05) is 17.0 Å². The molecule has 0 aliphatic carbocycles. The highest BCUT2D eigenvalue weighted by Crippen LogP contribution is 2.21. The zero-order valence-corrected chi connectivity index (χ0v) is 15.5. The number of benzene rings is 2. The van der Waals surface area contributed by atoms with Crippen LogP contribution in [0.25, 0.3) is 6.08 Å². The zero-order valence-electron chi connectivity index (χ0n) is 13.9. The average Bonchev–Trinajstić information content (AvgIpc) is 2.97. The molecule has 0 radical (unpaired) electrons. The summed E-state index contributed by atoms with van der Waals surface area (Å²) in [6.45, 7) is 0.621. The summed E-state index contributed by atoms with van der Waals surface area (Å²) in [5.41, 5.74) is 1.35. The first kappa shape index (κ1) is 17.4. The maximum atomic E-state index is 12.8. The molecule has 0 unspecified atom stereocenters. The molecule has 27 heavy (non-hydrogen) atoms. The lowest BCUT2D eigenvalue weighted by molar-refractivity contribution is -0.384. The van der Waals surface area contributed by atoms with Gasteiger partial charge in [-0.3, -0.25) is 19.5 Å². The van der Waals surface area contributed by atoms with Crippen LogP contribution in [-0.2, 0) is 6.67 Å². The smallest absolute Gasteiger partial charge is 0.271 e. The Hall–Kier alpha value is -2.97. The van der Waals surface area contributed by atoms with Crippen LogP contribution in [0.3, 0.4) is 0 Å². The second kappa shape index (κ2) is 6.98. The Balaban J connectivity index is 1.70. The second-order valence-corrected chi connectivity index (χ2v) is 7.38. The van der Waals surface area contributed by atoms with E-state index in [9.17, 15) is 14.9 Å². The third kappa shape index (κ3) is 3.49. The number of non-ortho nitro benzene ring substituents is 1. The number of aromatic nitrogens is 1. The van der Waals surface area contributed by atoms with Gasteiger partial charge in [-0.2, -0.15) is 0 Å². The number of halogens is 1. The normalized spacial score (nSPS) is 14.0. The molecule has 0 bridgehead atoms. The van der Waals surface area contributed by atoms with Crippen molar-refractivity contribution >= 4 is 40.4 Å². The Morgan fingerprint density at radius 1 is 1.22 bits per heavy atom. The molecule has 4 rings (SSSR count). The maximum Gasteiger partial charge on any atom is 0.271 e. The molecule has 1 aromatic heterocycles. The number of nitro groups is 1. The van der Waals surface area contributed by atoms with Gasteiger partial charge in [-0.05, 0) is 29.8 Å². The van der Waals surface area contributed by atoms with Gasteiger partial charge in [0, 0.05) is 22.8 Å². The standard InChI is InChI=1S/C18H13ClN4O3S/c19-13-4-1-3-12(7-13)8-16-17(24)22-11-21(10-20-18(22)27-16)14-5-2-6-15(9-14)23(25)26/h1-9H,10-11H2/b16-8+. The average molecular weight is 401 g/mol. The lowest BCUT2D eigenvalue weighted by atomic mass is 10.2. The van der Waals surface area contributed by atoms with Gasteiger partial charge in [0.1, 0.15) is 13.3 Å². The summed E-state index contributed by atoms with van der Waals surface area (Å²) in [6, 6.07) is 13.6. The summed E-state index contributed by atoms with van der Waals surface area (Å²) in [7, 11) is 0. The van der Waals surface area contributed by atoms with Crippen molar-refractivity contribution in [3.05, 3.63) is 88.9 Å². The highest BCUT2D eigenvalue weighted by Gasteiger charge is 2.17. The minimum absolute atomic E-state index is 0.00550. The van der Waals surface area contributed by atoms with Crippen molar-refractivity contribution < 1.29 is 4.92 Å². The van der Waals surface area contributed by atoms with E-state index in [0.717, 1.165) is 5.56 Å². The molecular weight excluding hydrogens is 388 g/mol. The molecule has 7 nitrogen and oxygen atoms in total. The van der Waals surface area contributed by atoms with Gasteiger partial charge in [-0.25, -0.2) is 4.99 Å². The van der Waals surface area contributed by atoms with Crippen molar-refractivity contribution in [2.75, 3.05) is 11.6 Å². The number of hydrogen-bond acceptors (Lipinski definition) is 6. The van der Waals surface area contributed by atoms with Crippen LogP contribution in [0.1, 0.15) is 5.56 Å². The Morgan fingerprint density at radius 3 is 2.81 bits per heavy atom. The largest absolute Gasteiger partial charge is 0.333 e. The van der Waals surface area contributed by atoms with Crippen molar-refractivity contribution in [2.45, 2.75) is 6.67 Å². The molecule has 1 aliphatic heterocycles. The first-order valence-electron chi connectivity index (χ1n) is 8.02. The van der Waals surface area contributed by atoms with E-state index in [1.54, 1.807) is 34.9 Å². The SMILES string of the molecule is O=c1/c(=C\c2cccc(Cl)c2)sc2n1CN(c1cccc([N+](=O)[O-])c1)CN=2. The first-order chi connectivity index (χ1) is 13.0. The van der Waals surface area contributed by atoms with Crippen molar-refractivity contribution in [2.24, 2.45) is 4.99 Å². The summed E-state index contributed by atoms with van der Waals surface area (Å²) in [5, 5.41) is 11.6. The quantitative estimate of drug-likeness (QED) is 0.499. The number of nitro benzene ring substituents is 1. The number of nitrogens with zero attached hydrogens (tertiary/aromatic N) is 4. The predicted molar refractivity (Wildman–Crippen MR) is 105 cm³/mol. The van der Waals surface area contributed by atoms with Gasteiger partial charge in [0.2, 0.25) is 0 Å². The molecule has 0 spiro atoms. The third-order valence-electron chi connectivity index (χ3n) is 4.13. The van der Waals surface area contributed by atoms with Gasteiger partial charge in [0.15, 0.2) is 4.80 Å². The van der Waals surface area contributed by atoms with Crippen LogP contribution < -0.4 is 19.8 Å². The summed E-state index contributed by atoms with van der Waals surface area (Å²) in [4.78, 5) is 30.2. The Bertz CT molecular complexity index is 1220. The highest BCUT2D eigenvalue weighted by atomic mass is 35.5. The van der Waals surface area contributed by atoms with E-state index in [0.29, 0.717) is 33.4 Å². The van der Waals surface area contributed by atoms with Gasteiger partial charge in [-0.15, -0.1) is 0 Å². The third-order valence-corrected chi connectivity index (χ3v) is 5.41. The lowest BCUT2D eigenvalue weighted by Crippen LogP contribution is -2.42. The van der Waals surface area contributed by atoms with Gasteiger partial charge in [-0.1, -0.05) is 41.1 Å². The van der Waals surface area contributed by atoms with E-state index in [4.69, 9.17) is 11.6 Å². The molecule has 9 heteroatoms. The summed E-state index contributed by atoms with van der Waals surface area (Å²) < 4.78 is 2.14. The molecule has 0 saturated heterocycles. The number of thiazole rings is 1. The predicted octanol–water partition coefficient (Wildman–Crippen LogP) is 2.36. The monoisotopic (exact) mass is 400 g/mol. The fourth-order valence-corrected chi connectivity index (χ4v) is 3.99. The molecule has 0 fully saturated rings. The fraction of sp³-hybridized carbons (Fsp3) is 0.111. The number of rotatable bonds is 3. The van der Waals surface area contributed by atoms with Gasteiger partial charge < -0.3 is 4.90 Å². The van der Waals surface area contributed by atoms with E-state index in [-0.39, 0.29) is 11.2 Å². The van der Waals surface area contributed by atoms with Crippen LogP contribution in [-0.4, -0.2) is 16.2 Å². The molecule has 1 aliphatic rings. The summed E-state index contributed by atoms with van der Waals surface area (Å²) in [6.07, 6.45) is 1.79. The molecule has 2 aromatic carbocycles. The summed E-state index contributed by atoms with van der Waals surface area (Å²) in [5.74, 6) is 0. The van der Waals surface area contributed by atoms with E-state index >= 15 is 0 Å². The molecule has 136 valence electrons. The molecule has 2 heterocycles. The molecule has 3 aromatic rings. The van der Waals surface area contributed by atoms with Crippen molar-refractivity contribution in [1.82, 2.24) is 4.57 Å². The fourth-order valence-electron chi connectivity index (χ4n) is 2.83. The van der Waals surface area contributed by atoms with Gasteiger partial charge >= 0.3 is 0 Å². The number of fused-ring (bicyclic) bond motifs is 1. The molecule has 0 atom stereocenters. The summed E-state index contributed by atoms with van der Waals surface area (Å²) >= 11 is 7.32. The van der Waals surface area contributed by atoms with E-state index in [1.165, 1.54) is 23.5 Å². The number of anilines is 1. The van der Waals surface area contributed by atoms with Crippen LogP contribution in [0.5, 0.6) is 0 Å². The molecule has 0 amide bonds. The maximum absolute atomic E-state index is 12.8. The molecular formula is C18H13ClN4O3S. The first-order valence-corrected chi connectivity index (χ1v) is 9.21. The minimum Gasteiger partial charge on any atom is -0.333 e. The lowest BCUT2D eigenvalue weighted by Gasteiger charge is -2.25. The Morgan fingerprint density at radius 2 is 2.04 bits per heavy atom. The molecule has 0 saturated carbocycles.